The number of esters is 1. The van der Waals surface area contributed by atoms with Crippen molar-refractivity contribution in [3.8, 4) is 11.4 Å². The smallest absolute Gasteiger partial charge is 0.341 e. The number of pyridine rings is 1. The van der Waals surface area contributed by atoms with Gasteiger partial charge in [-0.3, -0.25) is 9.78 Å². The van der Waals surface area contributed by atoms with Crippen molar-refractivity contribution in [2.24, 2.45) is 0 Å². The fraction of sp³-hybridized carbons (Fsp3) is 0.350. The minimum Gasteiger partial charge on any atom is -0.462 e. The summed E-state index contributed by atoms with van der Waals surface area (Å²) in [4.78, 5) is 29.8. The Hall–Kier alpha value is -2.72. The van der Waals surface area contributed by atoms with Crippen LogP contribution in [0.1, 0.15) is 36.0 Å². The second-order valence-electron chi connectivity index (χ2n) is 6.15. The van der Waals surface area contributed by atoms with Crippen molar-refractivity contribution in [3.63, 3.8) is 0 Å². The van der Waals surface area contributed by atoms with Crippen LogP contribution in [0.25, 0.3) is 11.4 Å². The van der Waals surface area contributed by atoms with Gasteiger partial charge in [-0.1, -0.05) is 18.7 Å². The average Bonchev–Trinajstić information content (AvgIpc) is 3.36. The number of hydrogen-bond donors (Lipinski definition) is 1. The molecule has 0 atom stereocenters. The first-order chi connectivity index (χ1) is 14.6. The Labute approximate surface area is 183 Å². The first-order valence-electron chi connectivity index (χ1n) is 9.63. The summed E-state index contributed by atoms with van der Waals surface area (Å²) < 4.78 is 7.05. The van der Waals surface area contributed by atoms with E-state index in [0.717, 1.165) is 22.7 Å². The molecule has 1 amide bonds. The Bertz CT molecular complexity index is 1020. The molecular weight excluding hydrogens is 422 g/mol. The molecule has 0 spiro atoms. The van der Waals surface area contributed by atoms with Gasteiger partial charge in [0.25, 0.3) is 0 Å². The number of nitrogens with one attached hydrogen (secondary N) is 1. The lowest BCUT2D eigenvalue weighted by Gasteiger charge is -2.08. The van der Waals surface area contributed by atoms with Gasteiger partial charge in [0.2, 0.25) is 5.91 Å². The Balaban J connectivity index is 1.69. The number of ether oxygens (including phenoxy) is 1. The highest BCUT2D eigenvalue weighted by Crippen LogP contribution is 2.30. The molecule has 0 fully saturated rings. The van der Waals surface area contributed by atoms with Crippen LogP contribution < -0.4 is 5.32 Å². The van der Waals surface area contributed by atoms with Gasteiger partial charge in [0.05, 0.1) is 17.9 Å². The van der Waals surface area contributed by atoms with Crippen molar-refractivity contribution in [1.29, 1.82) is 0 Å². The molecule has 0 unspecified atom stereocenters. The molecule has 3 heterocycles. The largest absolute Gasteiger partial charge is 0.462 e. The molecule has 0 aromatic carbocycles. The third-order valence-corrected chi connectivity index (χ3v) is 6.35. The number of aryl methyl sites for hydroxylation is 1. The second-order valence-corrected chi connectivity index (χ2v) is 8.23. The molecule has 0 aliphatic heterocycles. The number of rotatable bonds is 9. The zero-order valence-electron chi connectivity index (χ0n) is 17.0. The lowest BCUT2D eigenvalue weighted by Crippen LogP contribution is -2.16. The molecule has 0 bridgehead atoms. The number of anilines is 1. The van der Waals surface area contributed by atoms with Crippen molar-refractivity contribution in [2.75, 3.05) is 17.7 Å². The third-order valence-electron chi connectivity index (χ3n) is 4.18. The van der Waals surface area contributed by atoms with Crippen LogP contribution in [-0.4, -0.2) is 44.0 Å². The van der Waals surface area contributed by atoms with Gasteiger partial charge >= 0.3 is 5.97 Å². The lowest BCUT2D eigenvalue weighted by molar-refractivity contribution is -0.113. The van der Waals surface area contributed by atoms with Gasteiger partial charge in [-0.05, 0) is 38.5 Å². The number of aromatic nitrogens is 4. The van der Waals surface area contributed by atoms with Gasteiger partial charge in [-0.2, -0.15) is 0 Å². The van der Waals surface area contributed by atoms with Crippen molar-refractivity contribution in [1.82, 2.24) is 19.7 Å². The summed E-state index contributed by atoms with van der Waals surface area (Å²) in [5, 5.41) is 12.5. The highest BCUT2D eigenvalue weighted by atomic mass is 32.2. The molecule has 8 nitrogen and oxygen atoms in total. The number of hydrogen-bond acceptors (Lipinski definition) is 8. The zero-order valence-corrected chi connectivity index (χ0v) is 18.7. The van der Waals surface area contributed by atoms with Gasteiger partial charge in [-0.25, -0.2) is 4.79 Å². The van der Waals surface area contributed by atoms with Crippen LogP contribution in [0, 0.1) is 0 Å². The molecule has 3 rings (SSSR count). The predicted octanol–water partition coefficient (Wildman–Crippen LogP) is 3.89. The molecule has 0 saturated carbocycles. The number of thiophene rings is 1. The molecule has 0 radical (unpaired) electrons. The predicted molar refractivity (Wildman–Crippen MR) is 118 cm³/mol. The molecule has 1 N–H and O–H groups in total. The minimum absolute atomic E-state index is 0.149. The van der Waals surface area contributed by atoms with Crippen molar-refractivity contribution >= 4 is 40.0 Å². The maximum Gasteiger partial charge on any atom is 0.341 e. The summed E-state index contributed by atoms with van der Waals surface area (Å²) in [6.07, 6.45) is 4.19. The number of nitrogens with zero attached hydrogens (tertiary/aromatic N) is 4. The van der Waals surface area contributed by atoms with Crippen molar-refractivity contribution in [3.05, 3.63) is 41.0 Å². The molecule has 3 aromatic heterocycles. The molecular formula is C20H23N5O3S2. The quantitative estimate of drug-likeness (QED) is 0.394. The van der Waals surface area contributed by atoms with E-state index in [1.807, 2.05) is 30.5 Å². The molecule has 158 valence electrons. The summed E-state index contributed by atoms with van der Waals surface area (Å²) in [6, 6.07) is 5.52. The second kappa shape index (κ2) is 10.4. The monoisotopic (exact) mass is 445 g/mol. The Kier molecular flexibility index (Phi) is 7.58. The first-order valence-corrected chi connectivity index (χ1v) is 11.4. The van der Waals surface area contributed by atoms with E-state index in [2.05, 4.69) is 20.5 Å². The van der Waals surface area contributed by atoms with Crippen LogP contribution >= 0.6 is 23.1 Å². The summed E-state index contributed by atoms with van der Waals surface area (Å²) >= 11 is 2.69. The maximum atomic E-state index is 12.5. The Morgan fingerprint density at radius 3 is 2.63 bits per heavy atom. The highest BCUT2D eigenvalue weighted by molar-refractivity contribution is 7.99. The fourth-order valence-electron chi connectivity index (χ4n) is 2.76. The van der Waals surface area contributed by atoms with Gasteiger partial charge in [0, 0.05) is 29.4 Å². The standard InChI is InChI=1S/C20H23N5O3S2/c1-4-14-11-15(19(27)28-6-3)18(30-14)22-16(26)12-29-20-24-23-17(25(20)5-2)13-7-9-21-10-8-13/h7-11H,4-6,12H2,1-3H3,(H,22,26). The first kappa shape index (κ1) is 22.0. The molecule has 3 aromatic rings. The van der Waals surface area contributed by atoms with E-state index in [1.54, 1.807) is 25.4 Å². The van der Waals surface area contributed by atoms with E-state index >= 15 is 0 Å². The van der Waals surface area contributed by atoms with Crippen molar-refractivity contribution in [2.45, 2.75) is 38.9 Å². The fourth-order valence-corrected chi connectivity index (χ4v) is 4.56. The van der Waals surface area contributed by atoms with Gasteiger partial charge in [0.15, 0.2) is 11.0 Å². The molecule has 0 aliphatic rings. The Morgan fingerprint density at radius 2 is 1.97 bits per heavy atom. The van der Waals surface area contributed by atoms with Gasteiger partial charge in [-0.15, -0.1) is 21.5 Å². The molecule has 0 saturated heterocycles. The van der Waals surface area contributed by atoms with Gasteiger partial charge in [0.1, 0.15) is 5.00 Å². The number of carbonyl (C=O) groups excluding carboxylic acids is 2. The summed E-state index contributed by atoms with van der Waals surface area (Å²) in [7, 11) is 0. The normalized spacial score (nSPS) is 10.8. The SMILES string of the molecule is CCOC(=O)c1cc(CC)sc1NC(=O)CSc1nnc(-c2ccncc2)n1CC. The van der Waals surface area contributed by atoms with Crippen LogP contribution in [-0.2, 0) is 22.5 Å². The number of thioether (sulfide) groups is 1. The van der Waals surface area contributed by atoms with E-state index in [0.29, 0.717) is 22.3 Å². The van der Waals surface area contributed by atoms with Crippen LogP contribution in [0.5, 0.6) is 0 Å². The zero-order chi connectivity index (χ0) is 21.5. The van der Waals surface area contributed by atoms with Crippen molar-refractivity contribution < 1.29 is 14.3 Å². The summed E-state index contributed by atoms with van der Waals surface area (Å²) in [6.45, 7) is 6.71. The lowest BCUT2D eigenvalue weighted by atomic mass is 10.2. The number of amides is 1. The Morgan fingerprint density at radius 1 is 1.20 bits per heavy atom. The van der Waals surface area contributed by atoms with Gasteiger partial charge < -0.3 is 14.6 Å². The van der Waals surface area contributed by atoms with Crippen LogP contribution in [0.2, 0.25) is 0 Å². The molecule has 10 heteroatoms. The number of carbonyl (C=O) groups is 2. The highest BCUT2D eigenvalue weighted by Gasteiger charge is 2.20. The van der Waals surface area contributed by atoms with E-state index in [4.69, 9.17) is 4.74 Å². The maximum absolute atomic E-state index is 12.5. The molecule has 30 heavy (non-hydrogen) atoms. The third kappa shape index (κ3) is 5.06. The topological polar surface area (TPSA) is 99.0 Å². The van der Waals surface area contributed by atoms with E-state index < -0.39 is 5.97 Å². The van der Waals surface area contributed by atoms with E-state index in [9.17, 15) is 9.59 Å². The van der Waals surface area contributed by atoms with Crippen LogP contribution in [0.4, 0.5) is 5.00 Å². The van der Waals surface area contributed by atoms with Crippen LogP contribution in [0.3, 0.4) is 0 Å². The molecule has 0 aliphatic carbocycles. The minimum atomic E-state index is -0.427. The average molecular weight is 446 g/mol. The van der Waals surface area contributed by atoms with Crippen LogP contribution in [0.15, 0.2) is 35.7 Å². The summed E-state index contributed by atoms with van der Waals surface area (Å²) in [5.74, 6) is 0.240. The summed E-state index contributed by atoms with van der Waals surface area (Å²) in [5.41, 5.74) is 1.31. The van der Waals surface area contributed by atoms with E-state index in [-0.39, 0.29) is 18.3 Å². The van der Waals surface area contributed by atoms with E-state index in [1.165, 1.54) is 23.1 Å².